The molecule has 0 heterocycles. The van der Waals surface area contributed by atoms with Crippen molar-refractivity contribution in [1.29, 1.82) is 0 Å². The van der Waals surface area contributed by atoms with Gasteiger partial charge in [0.05, 0.1) is 4.92 Å². The fourth-order valence-electron chi connectivity index (χ4n) is 1.78. The smallest absolute Gasteiger partial charge is 0.289 e. The summed E-state index contributed by atoms with van der Waals surface area (Å²) in [6, 6.07) is 4.22. The number of nitro benzene ring substituents is 1. The van der Waals surface area contributed by atoms with Crippen LogP contribution in [0.5, 0.6) is 0 Å². The molecular formula is C12H12ClN3O3S. The van der Waals surface area contributed by atoms with E-state index in [0.29, 0.717) is 5.69 Å². The maximum atomic E-state index is 11.7. The first kappa shape index (κ1) is 14.7. The lowest BCUT2D eigenvalue weighted by atomic mass is 9.85. The van der Waals surface area contributed by atoms with Crippen molar-refractivity contribution in [1.82, 2.24) is 5.32 Å². The predicted octanol–water partition coefficient (Wildman–Crippen LogP) is 2.86. The SMILES string of the molecule is O=C(NC(=S)Nc1ccc(Cl)c([N+](=O)[O-])c1)C1CCC1. The predicted molar refractivity (Wildman–Crippen MR) is 79.8 cm³/mol. The minimum atomic E-state index is -0.580. The van der Waals surface area contributed by atoms with Crippen molar-refractivity contribution < 1.29 is 9.72 Å². The van der Waals surface area contributed by atoms with Crippen LogP contribution in [0.3, 0.4) is 0 Å². The van der Waals surface area contributed by atoms with Crippen LogP contribution in [0.4, 0.5) is 11.4 Å². The molecule has 1 fully saturated rings. The summed E-state index contributed by atoms with van der Waals surface area (Å²) in [6.45, 7) is 0. The number of carbonyl (C=O) groups excluding carboxylic acids is 1. The Morgan fingerprint density at radius 2 is 2.15 bits per heavy atom. The van der Waals surface area contributed by atoms with Gasteiger partial charge in [0.15, 0.2) is 5.11 Å². The van der Waals surface area contributed by atoms with Gasteiger partial charge in [-0.25, -0.2) is 0 Å². The molecule has 106 valence electrons. The first-order chi connectivity index (χ1) is 9.47. The van der Waals surface area contributed by atoms with Gasteiger partial charge in [-0.15, -0.1) is 0 Å². The van der Waals surface area contributed by atoms with Crippen LogP contribution in [0.25, 0.3) is 0 Å². The summed E-state index contributed by atoms with van der Waals surface area (Å²) >= 11 is 10.7. The number of benzene rings is 1. The van der Waals surface area contributed by atoms with Crippen LogP contribution in [0.2, 0.25) is 5.02 Å². The van der Waals surface area contributed by atoms with E-state index in [4.69, 9.17) is 23.8 Å². The summed E-state index contributed by atoms with van der Waals surface area (Å²) in [6.07, 6.45) is 2.81. The Bertz CT molecular complexity index is 575. The fourth-order valence-corrected chi connectivity index (χ4v) is 2.18. The normalized spacial score (nSPS) is 14.2. The van der Waals surface area contributed by atoms with Crippen molar-refractivity contribution >= 4 is 46.2 Å². The summed E-state index contributed by atoms with van der Waals surface area (Å²) in [7, 11) is 0. The van der Waals surface area contributed by atoms with Gasteiger partial charge in [-0.1, -0.05) is 18.0 Å². The largest absolute Gasteiger partial charge is 0.332 e. The van der Waals surface area contributed by atoms with Crippen LogP contribution < -0.4 is 10.6 Å². The molecule has 0 unspecified atom stereocenters. The highest BCUT2D eigenvalue weighted by Crippen LogP contribution is 2.28. The lowest BCUT2D eigenvalue weighted by Gasteiger charge is -2.24. The standard InChI is InChI=1S/C12H12ClN3O3S/c13-9-5-4-8(6-10(9)16(18)19)14-12(20)15-11(17)7-2-1-3-7/h4-7H,1-3H2,(H2,14,15,17,20). The molecule has 20 heavy (non-hydrogen) atoms. The summed E-state index contributed by atoms with van der Waals surface area (Å²) in [5, 5.41) is 16.2. The number of thiocarbonyl (C=S) groups is 1. The average molecular weight is 314 g/mol. The van der Waals surface area contributed by atoms with E-state index in [0.717, 1.165) is 19.3 Å². The van der Waals surface area contributed by atoms with Crippen molar-refractivity contribution in [3.05, 3.63) is 33.3 Å². The van der Waals surface area contributed by atoms with Crippen LogP contribution in [-0.2, 0) is 4.79 Å². The molecule has 1 aromatic carbocycles. The summed E-state index contributed by atoms with van der Waals surface area (Å²) < 4.78 is 0. The maximum Gasteiger partial charge on any atom is 0.289 e. The van der Waals surface area contributed by atoms with Crippen molar-refractivity contribution in [3.63, 3.8) is 0 Å². The van der Waals surface area contributed by atoms with Crippen molar-refractivity contribution in [2.45, 2.75) is 19.3 Å². The zero-order valence-corrected chi connectivity index (χ0v) is 12.0. The van der Waals surface area contributed by atoms with Gasteiger partial charge < -0.3 is 10.6 Å². The molecule has 0 saturated heterocycles. The van der Waals surface area contributed by atoms with E-state index < -0.39 is 4.92 Å². The van der Waals surface area contributed by atoms with E-state index in [1.54, 1.807) is 6.07 Å². The molecule has 0 atom stereocenters. The average Bonchev–Trinajstić information content (AvgIpc) is 2.28. The molecule has 1 aromatic rings. The molecule has 2 N–H and O–H groups in total. The topological polar surface area (TPSA) is 84.3 Å². The van der Waals surface area contributed by atoms with Gasteiger partial charge >= 0.3 is 0 Å². The van der Waals surface area contributed by atoms with Gasteiger partial charge in [-0.05, 0) is 37.2 Å². The molecule has 1 amide bonds. The third kappa shape index (κ3) is 3.43. The van der Waals surface area contributed by atoms with Crippen LogP contribution in [0.15, 0.2) is 18.2 Å². The first-order valence-corrected chi connectivity index (χ1v) is 6.82. The molecule has 1 saturated carbocycles. The Kier molecular flexibility index (Phi) is 4.51. The fraction of sp³-hybridized carbons (Fsp3) is 0.333. The highest BCUT2D eigenvalue weighted by atomic mass is 35.5. The lowest BCUT2D eigenvalue weighted by molar-refractivity contribution is -0.384. The highest BCUT2D eigenvalue weighted by molar-refractivity contribution is 7.80. The molecule has 0 aromatic heterocycles. The molecule has 1 aliphatic carbocycles. The third-order valence-electron chi connectivity index (χ3n) is 3.11. The first-order valence-electron chi connectivity index (χ1n) is 6.03. The Balaban J connectivity index is 1.98. The Morgan fingerprint density at radius 3 is 2.70 bits per heavy atom. The molecule has 6 nitrogen and oxygen atoms in total. The quantitative estimate of drug-likeness (QED) is 0.509. The second-order valence-corrected chi connectivity index (χ2v) is 5.31. The summed E-state index contributed by atoms with van der Waals surface area (Å²) in [4.78, 5) is 21.9. The van der Waals surface area contributed by atoms with Gasteiger partial charge in [0, 0.05) is 17.7 Å². The lowest BCUT2D eigenvalue weighted by Crippen LogP contribution is -2.40. The van der Waals surface area contributed by atoms with E-state index in [1.165, 1.54) is 12.1 Å². The number of nitrogens with zero attached hydrogens (tertiary/aromatic N) is 1. The second kappa shape index (κ2) is 6.15. The minimum absolute atomic E-state index is 0.0225. The number of hydrogen-bond donors (Lipinski definition) is 2. The molecular weight excluding hydrogens is 302 g/mol. The number of halogens is 1. The van der Waals surface area contributed by atoms with E-state index in [2.05, 4.69) is 10.6 Å². The van der Waals surface area contributed by atoms with Gasteiger partial charge in [0.25, 0.3) is 5.69 Å². The van der Waals surface area contributed by atoms with Gasteiger partial charge in [-0.3, -0.25) is 14.9 Å². The number of hydrogen-bond acceptors (Lipinski definition) is 4. The molecule has 0 bridgehead atoms. The van der Waals surface area contributed by atoms with Crippen LogP contribution >= 0.6 is 23.8 Å². The van der Waals surface area contributed by atoms with Gasteiger partial charge in [0.2, 0.25) is 5.91 Å². The minimum Gasteiger partial charge on any atom is -0.332 e. The van der Waals surface area contributed by atoms with E-state index >= 15 is 0 Å². The number of carbonyl (C=O) groups is 1. The zero-order chi connectivity index (χ0) is 14.7. The van der Waals surface area contributed by atoms with Crippen LogP contribution in [0, 0.1) is 16.0 Å². The molecule has 8 heteroatoms. The van der Waals surface area contributed by atoms with Crippen molar-refractivity contribution in [2.75, 3.05) is 5.32 Å². The van der Waals surface area contributed by atoms with Crippen molar-refractivity contribution in [3.8, 4) is 0 Å². The van der Waals surface area contributed by atoms with E-state index in [9.17, 15) is 14.9 Å². The van der Waals surface area contributed by atoms with E-state index in [-0.39, 0.29) is 27.6 Å². The number of nitro groups is 1. The summed E-state index contributed by atoms with van der Waals surface area (Å²) in [5.41, 5.74) is 0.185. The highest BCUT2D eigenvalue weighted by Gasteiger charge is 2.25. The number of anilines is 1. The van der Waals surface area contributed by atoms with Gasteiger partial charge in [-0.2, -0.15) is 0 Å². The second-order valence-electron chi connectivity index (χ2n) is 4.49. The Labute approximate surface area is 125 Å². The molecule has 0 aliphatic heterocycles. The molecule has 0 spiro atoms. The molecule has 0 radical (unpaired) electrons. The van der Waals surface area contributed by atoms with Crippen LogP contribution in [0.1, 0.15) is 19.3 Å². The Morgan fingerprint density at radius 1 is 1.45 bits per heavy atom. The molecule has 2 rings (SSSR count). The Hall–Kier alpha value is -1.73. The zero-order valence-electron chi connectivity index (χ0n) is 10.4. The molecule has 1 aliphatic rings. The monoisotopic (exact) mass is 313 g/mol. The third-order valence-corrected chi connectivity index (χ3v) is 3.64. The number of amides is 1. The van der Waals surface area contributed by atoms with Crippen LogP contribution in [-0.4, -0.2) is 15.9 Å². The number of rotatable bonds is 3. The summed E-state index contributed by atoms with van der Waals surface area (Å²) in [5.74, 6) is -0.0912. The number of nitrogens with one attached hydrogen (secondary N) is 2. The van der Waals surface area contributed by atoms with Crippen molar-refractivity contribution in [2.24, 2.45) is 5.92 Å². The van der Waals surface area contributed by atoms with E-state index in [1.807, 2.05) is 0 Å². The van der Waals surface area contributed by atoms with Gasteiger partial charge in [0.1, 0.15) is 5.02 Å². The maximum absolute atomic E-state index is 11.7.